The molecule has 0 N–H and O–H groups in total. The van der Waals surface area contributed by atoms with E-state index >= 15 is 0 Å². The van der Waals surface area contributed by atoms with Gasteiger partial charge in [0.2, 0.25) is 4.96 Å². The van der Waals surface area contributed by atoms with E-state index in [1.54, 1.807) is 18.2 Å². The van der Waals surface area contributed by atoms with Crippen LogP contribution in [0, 0.1) is 0 Å². The summed E-state index contributed by atoms with van der Waals surface area (Å²) in [7, 11) is 0. The summed E-state index contributed by atoms with van der Waals surface area (Å²) in [6.45, 7) is 4.07. The highest BCUT2D eigenvalue weighted by Gasteiger charge is 2.12. The molecule has 0 aliphatic heterocycles. The van der Waals surface area contributed by atoms with Gasteiger partial charge < -0.3 is 4.74 Å². The van der Waals surface area contributed by atoms with Gasteiger partial charge in [0, 0.05) is 10.6 Å². The Kier molecular flexibility index (Phi) is 4.75. The number of fused-ring (bicyclic) bond motifs is 1. The van der Waals surface area contributed by atoms with Crippen molar-refractivity contribution in [3.63, 3.8) is 0 Å². The fourth-order valence-electron chi connectivity index (χ4n) is 2.54. The Balaban J connectivity index is 1.69. The fraction of sp³-hybridized carbons (Fsp3) is 0.0500. The molecule has 5 nitrogen and oxygen atoms in total. The molecule has 0 saturated carbocycles. The zero-order chi connectivity index (χ0) is 18.8. The summed E-state index contributed by atoms with van der Waals surface area (Å²) in [6, 6.07) is 14.8. The molecule has 4 aromatic rings. The van der Waals surface area contributed by atoms with Gasteiger partial charge in [-0.1, -0.05) is 53.8 Å². The van der Waals surface area contributed by atoms with Crippen LogP contribution in [0.15, 0.2) is 66.0 Å². The number of benzene rings is 2. The Labute approximate surface area is 163 Å². The molecule has 0 amide bonds. The molecule has 0 radical (unpaired) electrons. The van der Waals surface area contributed by atoms with Gasteiger partial charge in [-0.2, -0.15) is 9.50 Å². The molecule has 27 heavy (non-hydrogen) atoms. The Hall–Kier alpha value is -2.96. The SMILES string of the molecule is C=CCOc1ccc(-c2nc3sc(=Cc4ccccc4Cl)c(=O)n3n2)cc1. The van der Waals surface area contributed by atoms with E-state index in [9.17, 15) is 4.79 Å². The third-order valence-electron chi connectivity index (χ3n) is 3.85. The van der Waals surface area contributed by atoms with E-state index in [4.69, 9.17) is 16.3 Å². The number of hydrogen-bond donors (Lipinski definition) is 0. The number of rotatable bonds is 5. The van der Waals surface area contributed by atoms with E-state index in [2.05, 4.69) is 16.7 Å². The minimum atomic E-state index is -0.209. The summed E-state index contributed by atoms with van der Waals surface area (Å²) < 4.78 is 7.33. The molecule has 2 aromatic carbocycles. The topological polar surface area (TPSA) is 56.5 Å². The van der Waals surface area contributed by atoms with Crippen molar-refractivity contribution < 1.29 is 4.74 Å². The van der Waals surface area contributed by atoms with Gasteiger partial charge >= 0.3 is 0 Å². The molecule has 7 heteroatoms. The molecule has 0 aliphatic carbocycles. The molecule has 4 rings (SSSR count). The second-order valence-corrected chi connectivity index (χ2v) is 7.11. The normalized spacial score (nSPS) is 11.8. The predicted molar refractivity (Wildman–Crippen MR) is 108 cm³/mol. The van der Waals surface area contributed by atoms with Crippen molar-refractivity contribution in [2.45, 2.75) is 0 Å². The monoisotopic (exact) mass is 395 g/mol. The lowest BCUT2D eigenvalue weighted by atomic mass is 10.2. The van der Waals surface area contributed by atoms with Crippen LogP contribution in [0.3, 0.4) is 0 Å². The summed E-state index contributed by atoms with van der Waals surface area (Å²) in [5.74, 6) is 1.23. The van der Waals surface area contributed by atoms with Gasteiger partial charge in [-0.15, -0.1) is 5.10 Å². The van der Waals surface area contributed by atoms with Gasteiger partial charge in [0.05, 0.1) is 4.53 Å². The summed E-state index contributed by atoms with van der Waals surface area (Å²) in [5.41, 5.74) is 1.39. The van der Waals surface area contributed by atoms with Crippen LogP contribution in [0.2, 0.25) is 5.02 Å². The van der Waals surface area contributed by atoms with Crippen LogP contribution in [-0.4, -0.2) is 21.2 Å². The largest absolute Gasteiger partial charge is 0.490 e. The number of aromatic nitrogens is 3. The Morgan fingerprint density at radius 1 is 1.19 bits per heavy atom. The van der Waals surface area contributed by atoms with Crippen molar-refractivity contribution >= 4 is 34.0 Å². The van der Waals surface area contributed by atoms with Crippen molar-refractivity contribution in [2.75, 3.05) is 6.61 Å². The maximum absolute atomic E-state index is 12.6. The Morgan fingerprint density at radius 2 is 1.96 bits per heavy atom. The van der Waals surface area contributed by atoms with Crippen LogP contribution in [-0.2, 0) is 0 Å². The highest BCUT2D eigenvalue weighted by atomic mass is 35.5. The predicted octanol–water partition coefficient (Wildman–Crippen LogP) is 3.58. The molecule has 0 saturated heterocycles. The molecule has 0 unspecified atom stereocenters. The molecule has 2 heterocycles. The van der Waals surface area contributed by atoms with Crippen molar-refractivity contribution in [2.24, 2.45) is 0 Å². The number of ether oxygens (including phenoxy) is 1. The average molecular weight is 396 g/mol. The van der Waals surface area contributed by atoms with Crippen molar-refractivity contribution in [3.8, 4) is 17.1 Å². The smallest absolute Gasteiger partial charge is 0.291 e. The molecule has 134 valence electrons. The van der Waals surface area contributed by atoms with E-state index in [-0.39, 0.29) is 5.56 Å². The van der Waals surface area contributed by atoms with Gasteiger partial charge in [-0.3, -0.25) is 4.79 Å². The first kappa shape index (κ1) is 17.5. The number of hydrogen-bond acceptors (Lipinski definition) is 5. The van der Waals surface area contributed by atoms with E-state index in [1.165, 1.54) is 15.9 Å². The lowest BCUT2D eigenvalue weighted by molar-refractivity contribution is 0.363. The second kappa shape index (κ2) is 7.34. The van der Waals surface area contributed by atoms with Crippen molar-refractivity contribution in [1.82, 2.24) is 14.6 Å². The minimum Gasteiger partial charge on any atom is -0.490 e. The van der Waals surface area contributed by atoms with Crippen LogP contribution in [0.5, 0.6) is 5.75 Å². The van der Waals surface area contributed by atoms with Gasteiger partial charge in [0.15, 0.2) is 5.82 Å². The van der Waals surface area contributed by atoms with Gasteiger partial charge in [0.25, 0.3) is 5.56 Å². The minimum absolute atomic E-state index is 0.209. The van der Waals surface area contributed by atoms with E-state index in [0.29, 0.717) is 26.9 Å². The van der Waals surface area contributed by atoms with E-state index < -0.39 is 0 Å². The number of nitrogens with zero attached hydrogens (tertiary/aromatic N) is 3. The standard InChI is InChI=1S/C20H14ClN3O2S/c1-2-11-26-15-9-7-13(8-10-15)18-22-20-24(23-18)19(25)17(27-20)12-14-5-3-4-6-16(14)21/h2-10,12H,1,11H2. The quantitative estimate of drug-likeness (QED) is 0.485. The molecular formula is C20H14ClN3O2S. The van der Waals surface area contributed by atoms with E-state index in [0.717, 1.165) is 16.9 Å². The summed E-state index contributed by atoms with van der Waals surface area (Å²) >= 11 is 7.45. The lowest BCUT2D eigenvalue weighted by Crippen LogP contribution is -2.23. The van der Waals surface area contributed by atoms with Crippen LogP contribution in [0.25, 0.3) is 22.4 Å². The van der Waals surface area contributed by atoms with Crippen LogP contribution < -0.4 is 14.8 Å². The van der Waals surface area contributed by atoms with E-state index in [1.807, 2.05) is 42.5 Å². The first-order valence-electron chi connectivity index (χ1n) is 8.15. The molecule has 0 bridgehead atoms. The van der Waals surface area contributed by atoms with Gasteiger partial charge in [0.1, 0.15) is 12.4 Å². The lowest BCUT2D eigenvalue weighted by Gasteiger charge is -2.02. The van der Waals surface area contributed by atoms with Crippen LogP contribution in [0.4, 0.5) is 0 Å². The summed E-state index contributed by atoms with van der Waals surface area (Å²) in [5, 5.41) is 4.95. The molecular weight excluding hydrogens is 382 g/mol. The number of halogens is 1. The Bertz CT molecular complexity index is 1230. The van der Waals surface area contributed by atoms with Gasteiger partial charge in [-0.05, 0) is 42.0 Å². The molecule has 0 spiro atoms. The average Bonchev–Trinajstić information content (AvgIpc) is 3.22. The highest BCUT2D eigenvalue weighted by molar-refractivity contribution is 7.15. The van der Waals surface area contributed by atoms with Crippen molar-refractivity contribution in [3.05, 3.63) is 86.7 Å². The first-order chi connectivity index (χ1) is 13.2. The second-order valence-electron chi connectivity index (χ2n) is 5.69. The third-order valence-corrected chi connectivity index (χ3v) is 5.16. The molecule has 0 aliphatic rings. The maximum Gasteiger partial charge on any atom is 0.291 e. The molecule has 2 aromatic heterocycles. The summed E-state index contributed by atoms with van der Waals surface area (Å²) in [4.78, 5) is 17.7. The van der Waals surface area contributed by atoms with Gasteiger partial charge in [-0.25, -0.2) is 0 Å². The first-order valence-corrected chi connectivity index (χ1v) is 9.35. The van der Waals surface area contributed by atoms with Crippen LogP contribution in [0.1, 0.15) is 5.56 Å². The molecule has 0 atom stereocenters. The highest BCUT2D eigenvalue weighted by Crippen LogP contribution is 2.21. The zero-order valence-corrected chi connectivity index (χ0v) is 15.7. The number of thiazole rings is 1. The molecule has 0 fully saturated rings. The fourth-order valence-corrected chi connectivity index (χ4v) is 3.63. The van der Waals surface area contributed by atoms with Crippen LogP contribution >= 0.6 is 22.9 Å². The summed E-state index contributed by atoms with van der Waals surface area (Å²) in [6.07, 6.45) is 3.45. The third kappa shape index (κ3) is 3.49. The maximum atomic E-state index is 12.6. The zero-order valence-electron chi connectivity index (χ0n) is 14.1. The Morgan fingerprint density at radius 3 is 2.67 bits per heavy atom. The van der Waals surface area contributed by atoms with Crippen molar-refractivity contribution in [1.29, 1.82) is 0 Å².